The third-order valence-corrected chi connectivity index (χ3v) is 6.09. The van der Waals surface area contributed by atoms with Crippen molar-refractivity contribution in [1.29, 1.82) is 0 Å². The fraction of sp³-hybridized carbons (Fsp3) is 0.120. The van der Waals surface area contributed by atoms with Crippen molar-refractivity contribution in [3.63, 3.8) is 0 Å². The van der Waals surface area contributed by atoms with Crippen LogP contribution in [0.4, 0.5) is 14.5 Å². The van der Waals surface area contributed by atoms with Crippen molar-refractivity contribution in [3.05, 3.63) is 94.3 Å². The molecule has 1 atom stereocenters. The smallest absolute Gasteiger partial charge is 0.266 e. The van der Waals surface area contributed by atoms with Gasteiger partial charge in [0.1, 0.15) is 11.6 Å². The second-order valence-corrected chi connectivity index (χ2v) is 8.84. The molecule has 0 aliphatic rings. The molecule has 1 unspecified atom stereocenters. The third-order valence-electron chi connectivity index (χ3n) is 5.04. The Balaban J connectivity index is 1.74. The van der Waals surface area contributed by atoms with Gasteiger partial charge in [0.15, 0.2) is 10.9 Å². The van der Waals surface area contributed by atoms with Gasteiger partial charge in [0.05, 0.1) is 21.8 Å². The number of amides is 1. The van der Waals surface area contributed by atoms with E-state index in [1.807, 2.05) is 0 Å². The molecule has 0 saturated carbocycles. The first-order valence-electron chi connectivity index (χ1n) is 10.3. The van der Waals surface area contributed by atoms with Crippen LogP contribution in [0, 0.1) is 11.6 Å². The number of nitrogens with zero attached hydrogens (tertiary/aromatic N) is 2. The molecule has 0 bridgehead atoms. The Kier molecular flexibility index (Phi) is 6.56. The number of nitrogens with one attached hydrogen (secondary N) is 1. The van der Waals surface area contributed by atoms with Crippen LogP contribution >= 0.6 is 11.8 Å². The van der Waals surface area contributed by atoms with Gasteiger partial charge in [0.25, 0.3) is 5.56 Å². The minimum Gasteiger partial charge on any atom is -0.326 e. The Morgan fingerprint density at radius 1 is 1.03 bits per heavy atom. The summed E-state index contributed by atoms with van der Waals surface area (Å²) in [6.45, 7) is 3.04. The Labute approximate surface area is 197 Å². The van der Waals surface area contributed by atoms with E-state index in [1.54, 1.807) is 55.5 Å². The Bertz CT molecular complexity index is 1470. The van der Waals surface area contributed by atoms with E-state index in [0.717, 1.165) is 22.4 Å². The fourth-order valence-corrected chi connectivity index (χ4v) is 4.43. The maximum atomic E-state index is 14.7. The van der Waals surface area contributed by atoms with Gasteiger partial charge < -0.3 is 5.32 Å². The van der Waals surface area contributed by atoms with Gasteiger partial charge in [-0.25, -0.2) is 13.8 Å². The van der Waals surface area contributed by atoms with Crippen LogP contribution < -0.4 is 10.9 Å². The summed E-state index contributed by atoms with van der Waals surface area (Å²) in [4.78, 5) is 42.0. The molecule has 9 heteroatoms. The van der Waals surface area contributed by atoms with Gasteiger partial charge in [-0.2, -0.15) is 0 Å². The highest BCUT2D eigenvalue weighted by molar-refractivity contribution is 8.00. The minimum absolute atomic E-state index is 0.102. The SMILES string of the molecule is CC(=O)Nc1ccc(C(=O)C(C)Sc2nc3ccccc3c(=O)n2-c2ccc(F)cc2F)cc1. The number of thioether (sulfide) groups is 1. The Hall–Kier alpha value is -3.85. The van der Waals surface area contributed by atoms with Gasteiger partial charge in [-0.1, -0.05) is 23.9 Å². The molecular formula is C25H19F2N3O3S. The van der Waals surface area contributed by atoms with Crippen molar-refractivity contribution in [1.82, 2.24) is 9.55 Å². The molecule has 0 spiro atoms. The highest BCUT2D eigenvalue weighted by Gasteiger charge is 2.22. The predicted molar refractivity (Wildman–Crippen MR) is 128 cm³/mol. The molecule has 0 fully saturated rings. The number of Topliss-reactive ketones (excluding diaryl/α,β-unsaturated/α-hetero) is 1. The first-order chi connectivity index (χ1) is 16.2. The van der Waals surface area contributed by atoms with Crippen molar-refractivity contribution >= 4 is 40.0 Å². The van der Waals surface area contributed by atoms with Crippen molar-refractivity contribution in [2.45, 2.75) is 24.3 Å². The molecule has 4 aromatic rings. The van der Waals surface area contributed by atoms with Gasteiger partial charge >= 0.3 is 0 Å². The number of carbonyl (C=O) groups excluding carboxylic acids is 2. The summed E-state index contributed by atoms with van der Waals surface area (Å²) in [6.07, 6.45) is 0. The molecule has 1 amide bonds. The van der Waals surface area contributed by atoms with Gasteiger partial charge in [0, 0.05) is 24.2 Å². The van der Waals surface area contributed by atoms with Gasteiger partial charge in [-0.3, -0.25) is 19.0 Å². The molecule has 1 heterocycles. The lowest BCUT2D eigenvalue weighted by Crippen LogP contribution is -2.24. The molecule has 0 radical (unpaired) electrons. The number of fused-ring (bicyclic) bond motifs is 1. The zero-order valence-corrected chi connectivity index (χ0v) is 19.0. The van der Waals surface area contributed by atoms with E-state index in [0.29, 0.717) is 22.8 Å². The molecule has 0 saturated heterocycles. The van der Waals surface area contributed by atoms with E-state index in [1.165, 1.54) is 13.0 Å². The topological polar surface area (TPSA) is 81.1 Å². The van der Waals surface area contributed by atoms with Crippen LogP contribution in [0.3, 0.4) is 0 Å². The van der Waals surface area contributed by atoms with Crippen LogP contribution in [0.2, 0.25) is 0 Å². The summed E-state index contributed by atoms with van der Waals surface area (Å²) >= 11 is 0.997. The number of rotatable bonds is 6. The maximum absolute atomic E-state index is 14.7. The van der Waals surface area contributed by atoms with E-state index in [4.69, 9.17) is 0 Å². The minimum atomic E-state index is -0.923. The molecule has 0 aliphatic heterocycles. The molecule has 1 aromatic heterocycles. The molecule has 3 aromatic carbocycles. The lowest BCUT2D eigenvalue weighted by molar-refractivity contribution is -0.114. The van der Waals surface area contributed by atoms with Crippen molar-refractivity contribution in [2.75, 3.05) is 5.32 Å². The molecular weight excluding hydrogens is 460 g/mol. The Morgan fingerprint density at radius 3 is 2.41 bits per heavy atom. The molecule has 0 aliphatic carbocycles. The summed E-state index contributed by atoms with van der Waals surface area (Å²) in [6, 6.07) is 15.9. The van der Waals surface area contributed by atoms with Crippen LogP contribution in [0.15, 0.2) is 76.7 Å². The lowest BCUT2D eigenvalue weighted by Gasteiger charge is -2.16. The summed E-state index contributed by atoms with van der Waals surface area (Å²) in [7, 11) is 0. The number of hydrogen-bond donors (Lipinski definition) is 1. The number of carbonyl (C=O) groups is 2. The van der Waals surface area contributed by atoms with Crippen LogP contribution in [-0.2, 0) is 4.79 Å². The van der Waals surface area contributed by atoms with Gasteiger partial charge in [-0.15, -0.1) is 0 Å². The first kappa shape index (κ1) is 23.3. The van der Waals surface area contributed by atoms with Crippen molar-refractivity contribution in [2.24, 2.45) is 0 Å². The van der Waals surface area contributed by atoms with E-state index < -0.39 is 22.4 Å². The average molecular weight is 480 g/mol. The molecule has 4 rings (SSSR count). The van der Waals surface area contributed by atoms with E-state index in [2.05, 4.69) is 10.3 Å². The largest absolute Gasteiger partial charge is 0.326 e. The second-order valence-electron chi connectivity index (χ2n) is 7.53. The van der Waals surface area contributed by atoms with E-state index >= 15 is 0 Å². The van der Waals surface area contributed by atoms with E-state index in [9.17, 15) is 23.2 Å². The fourth-order valence-electron chi connectivity index (χ4n) is 3.43. The number of para-hydroxylation sites is 1. The number of benzene rings is 3. The lowest BCUT2D eigenvalue weighted by atomic mass is 10.1. The van der Waals surface area contributed by atoms with Gasteiger partial charge in [0.2, 0.25) is 5.91 Å². The summed E-state index contributed by atoms with van der Waals surface area (Å²) in [5.74, 6) is -2.17. The molecule has 172 valence electrons. The summed E-state index contributed by atoms with van der Waals surface area (Å²) in [5, 5.41) is 2.32. The predicted octanol–water partition coefficient (Wildman–Crippen LogP) is 4.99. The molecule has 34 heavy (non-hydrogen) atoms. The first-order valence-corrected chi connectivity index (χ1v) is 11.2. The summed E-state index contributed by atoms with van der Waals surface area (Å²) in [5.41, 5.74) is 0.662. The number of anilines is 1. The monoisotopic (exact) mass is 479 g/mol. The number of halogens is 2. The summed E-state index contributed by atoms with van der Waals surface area (Å²) < 4.78 is 29.2. The van der Waals surface area contributed by atoms with Gasteiger partial charge in [-0.05, 0) is 55.5 Å². The standard InChI is InChI=1S/C25H19F2N3O3S/c1-14(23(32)16-7-10-18(11-8-16)28-15(2)31)34-25-29-21-6-4-3-5-19(21)24(33)30(25)22-12-9-17(26)13-20(22)27/h3-14H,1-2H3,(H,28,31). The second kappa shape index (κ2) is 9.56. The quantitative estimate of drug-likeness (QED) is 0.240. The van der Waals surface area contributed by atoms with Crippen LogP contribution in [0.25, 0.3) is 16.6 Å². The number of hydrogen-bond acceptors (Lipinski definition) is 5. The maximum Gasteiger partial charge on any atom is 0.266 e. The van der Waals surface area contributed by atoms with Crippen LogP contribution in [0.5, 0.6) is 0 Å². The highest BCUT2D eigenvalue weighted by atomic mass is 32.2. The van der Waals surface area contributed by atoms with Crippen LogP contribution in [0.1, 0.15) is 24.2 Å². The zero-order chi connectivity index (χ0) is 24.4. The molecule has 6 nitrogen and oxygen atoms in total. The third kappa shape index (κ3) is 4.74. The average Bonchev–Trinajstić information content (AvgIpc) is 2.80. The molecule has 1 N–H and O–H groups in total. The zero-order valence-electron chi connectivity index (χ0n) is 18.2. The normalized spacial score (nSPS) is 11.9. The number of ketones is 1. The van der Waals surface area contributed by atoms with Crippen molar-refractivity contribution < 1.29 is 18.4 Å². The highest BCUT2D eigenvalue weighted by Crippen LogP contribution is 2.28. The number of aromatic nitrogens is 2. The van der Waals surface area contributed by atoms with Crippen LogP contribution in [-0.4, -0.2) is 26.5 Å². The van der Waals surface area contributed by atoms with Crippen molar-refractivity contribution in [3.8, 4) is 5.69 Å². The Morgan fingerprint density at radius 2 is 1.74 bits per heavy atom. The van der Waals surface area contributed by atoms with E-state index in [-0.39, 0.29) is 27.9 Å².